The standard InChI is InChI=1S/C15H21NO3S/c1-20-9-11(14(19)8-17)3-2-10-4-5-12-13(18)6-7-16-15(10)12/h4,7,11,14,17,19H,2-3,5-6,8-9H2,1H3/i7D. The molecule has 0 radical (unpaired) electrons. The summed E-state index contributed by atoms with van der Waals surface area (Å²) < 4.78 is 7.62. The Morgan fingerprint density at radius 1 is 1.55 bits per heavy atom. The molecular weight excluding hydrogens is 274 g/mol. The van der Waals surface area contributed by atoms with Crippen molar-refractivity contribution in [1.82, 2.24) is 0 Å². The number of aliphatic hydroxyl groups is 2. The second-order valence-electron chi connectivity index (χ2n) is 5.13. The summed E-state index contributed by atoms with van der Waals surface area (Å²) in [5.74, 6) is 0.814. The Morgan fingerprint density at radius 3 is 3.05 bits per heavy atom. The molecule has 2 unspecified atom stereocenters. The lowest BCUT2D eigenvalue weighted by atomic mass is 9.95. The average Bonchev–Trinajstić information content (AvgIpc) is 2.86. The van der Waals surface area contributed by atoms with Crippen LogP contribution in [0.4, 0.5) is 0 Å². The van der Waals surface area contributed by atoms with Crippen molar-refractivity contribution in [3.8, 4) is 0 Å². The van der Waals surface area contributed by atoms with Crippen molar-refractivity contribution in [3.63, 3.8) is 0 Å². The van der Waals surface area contributed by atoms with Crippen LogP contribution in [-0.2, 0) is 4.79 Å². The molecule has 0 amide bonds. The van der Waals surface area contributed by atoms with Gasteiger partial charge in [0, 0.05) is 18.2 Å². The predicted molar refractivity (Wildman–Crippen MR) is 82.0 cm³/mol. The molecule has 1 aliphatic carbocycles. The number of nitrogens with zero attached hydrogens (tertiary/aromatic N) is 1. The smallest absolute Gasteiger partial charge is 0.166 e. The molecule has 1 heterocycles. The summed E-state index contributed by atoms with van der Waals surface area (Å²) in [6.07, 6.45) is 5.57. The summed E-state index contributed by atoms with van der Waals surface area (Å²) in [7, 11) is 0. The van der Waals surface area contributed by atoms with E-state index in [2.05, 4.69) is 4.99 Å². The van der Waals surface area contributed by atoms with Gasteiger partial charge in [-0.3, -0.25) is 9.79 Å². The first kappa shape index (κ1) is 14.0. The zero-order chi connectivity index (χ0) is 15.4. The third-order valence-electron chi connectivity index (χ3n) is 3.81. The molecule has 2 rings (SSSR count). The molecule has 2 atom stereocenters. The minimum absolute atomic E-state index is 0.00677. The van der Waals surface area contributed by atoms with E-state index in [0.717, 1.165) is 23.3 Å². The van der Waals surface area contributed by atoms with E-state index in [1.807, 2.05) is 12.3 Å². The first-order chi connectivity index (χ1) is 10.1. The van der Waals surface area contributed by atoms with Crippen LogP contribution in [0.15, 0.2) is 27.9 Å². The lowest BCUT2D eigenvalue weighted by Gasteiger charge is -2.21. The fourth-order valence-corrected chi connectivity index (χ4v) is 3.42. The van der Waals surface area contributed by atoms with Crippen LogP contribution in [0, 0.1) is 5.92 Å². The lowest BCUT2D eigenvalue weighted by Crippen LogP contribution is -2.26. The number of carbonyl (C=O) groups excluding carboxylic acids is 1. The predicted octanol–water partition coefficient (Wildman–Crippen LogP) is 1.73. The highest BCUT2D eigenvalue weighted by Crippen LogP contribution is 2.34. The van der Waals surface area contributed by atoms with Gasteiger partial charge in [0.15, 0.2) is 5.78 Å². The number of hydrogen-bond acceptors (Lipinski definition) is 5. The second kappa shape index (κ2) is 7.20. The van der Waals surface area contributed by atoms with Gasteiger partial charge in [0.1, 0.15) is 0 Å². The van der Waals surface area contributed by atoms with Crippen molar-refractivity contribution >= 4 is 23.7 Å². The van der Waals surface area contributed by atoms with Crippen molar-refractivity contribution in [2.75, 3.05) is 18.6 Å². The van der Waals surface area contributed by atoms with E-state index in [-0.39, 0.29) is 30.9 Å². The highest BCUT2D eigenvalue weighted by atomic mass is 32.2. The first-order valence-electron chi connectivity index (χ1n) is 7.34. The molecule has 0 bridgehead atoms. The maximum Gasteiger partial charge on any atom is 0.166 e. The van der Waals surface area contributed by atoms with E-state index >= 15 is 0 Å². The van der Waals surface area contributed by atoms with E-state index in [1.165, 1.54) is 0 Å². The van der Waals surface area contributed by atoms with E-state index in [0.29, 0.717) is 18.5 Å². The van der Waals surface area contributed by atoms with Gasteiger partial charge in [-0.25, -0.2) is 0 Å². The Labute approximate surface area is 125 Å². The molecule has 2 N–H and O–H groups in total. The van der Waals surface area contributed by atoms with Gasteiger partial charge >= 0.3 is 0 Å². The summed E-state index contributed by atoms with van der Waals surface area (Å²) in [4.78, 5) is 16.1. The summed E-state index contributed by atoms with van der Waals surface area (Å²) >= 11 is 1.65. The molecule has 2 aliphatic rings. The number of ketones is 1. The Bertz CT molecular complexity index is 513. The van der Waals surface area contributed by atoms with Crippen molar-refractivity contribution in [2.45, 2.75) is 31.8 Å². The third-order valence-corrected chi connectivity index (χ3v) is 4.57. The number of carbonyl (C=O) groups is 1. The number of hydrogen-bond donors (Lipinski definition) is 2. The van der Waals surface area contributed by atoms with Gasteiger partial charge in [-0.2, -0.15) is 11.8 Å². The quantitative estimate of drug-likeness (QED) is 0.750. The molecule has 0 spiro atoms. The van der Waals surface area contributed by atoms with Gasteiger partial charge in [-0.05, 0) is 42.8 Å². The minimum Gasteiger partial charge on any atom is -0.394 e. The summed E-state index contributed by atoms with van der Waals surface area (Å²) in [6.45, 7) is -0.230. The molecule has 5 heteroatoms. The largest absolute Gasteiger partial charge is 0.394 e. The average molecular weight is 296 g/mol. The Balaban J connectivity index is 2.02. The van der Waals surface area contributed by atoms with Crippen LogP contribution in [0.1, 0.15) is 27.1 Å². The zero-order valence-corrected chi connectivity index (χ0v) is 12.4. The maximum atomic E-state index is 11.9. The molecule has 110 valence electrons. The Kier molecular flexibility index (Phi) is 5.06. The number of aliphatic imine (C=N–C) groups is 1. The minimum atomic E-state index is -0.712. The number of Topliss-reactive ketones (excluding diaryl/α,β-unsaturated/α-hetero) is 1. The fourth-order valence-electron chi connectivity index (χ4n) is 2.61. The highest BCUT2D eigenvalue weighted by Gasteiger charge is 2.26. The number of allylic oxidation sites excluding steroid dienone is 3. The number of thioether (sulfide) groups is 1. The van der Waals surface area contributed by atoms with Crippen molar-refractivity contribution in [1.29, 1.82) is 0 Å². The first-order valence-corrected chi connectivity index (χ1v) is 8.24. The van der Waals surface area contributed by atoms with Crippen LogP contribution >= 0.6 is 11.8 Å². The Morgan fingerprint density at radius 2 is 2.35 bits per heavy atom. The molecule has 4 nitrogen and oxygen atoms in total. The van der Waals surface area contributed by atoms with Crippen LogP contribution in [0.5, 0.6) is 0 Å². The monoisotopic (exact) mass is 296 g/mol. The van der Waals surface area contributed by atoms with Gasteiger partial charge in [0.2, 0.25) is 0 Å². The molecule has 0 saturated heterocycles. The summed E-state index contributed by atoms with van der Waals surface area (Å²) in [6, 6.07) is 0. The van der Waals surface area contributed by atoms with Crippen molar-refractivity contribution < 1.29 is 16.4 Å². The van der Waals surface area contributed by atoms with E-state index < -0.39 is 6.10 Å². The summed E-state index contributed by atoms with van der Waals surface area (Å²) in [5.41, 5.74) is 2.40. The number of rotatable bonds is 7. The molecule has 20 heavy (non-hydrogen) atoms. The zero-order valence-electron chi connectivity index (χ0n) is 12.6. The van der Waals surface area contributed by atoms with E-state index in [4.69, 9.17) is 6.48 Å². The Hall–Kier alpha value is -0.910. The van der Waals surface area contributed by atoms with Crippen molar-refractivity contribution in [3.05, 3.63) is 22.9 Å². The van der Waals surface area contributed by atoms with E-state index in [1.54, 1.807) is 11.8 Å². The lowest BCUT2D eigenvalue weighted by molar-refractivity contribution is -0.114. The van der Waals surface area contributed by atoms with Crippen LogP contribution in [0.25, 0.3) is 0 Å². The van der Waals surface area contributed by atoms with Crippen LogP contribution < -0.4 is 0 Å². The van der Waals surface area contributed by atoms with Gasteiger partial charge in [0.25, 0.3) is 0 Å². The van der Waals surface area contributed by atoms with Gasteiger partial charge in [-0.1, -0.05) is 6.08 Å². The van der Waals surface area contributed by atoms with Gasteiger partial charge in [0.05, 0.1) is 19.8 Å². The topological polar surface area (TPSA) is 69.9 Å². The summed E-state index contributed by atoms with van der Waals surface area (Å²) in [5, 5.41) is 18.9. The fraction of sp³-hybridized carbons (Fsp3) is 0.600. The van der Waals surface area contributed by atoms with Crippen LogP contribution in [0.3, 0.4) is 0 Å². The van der Waals surface area contributed by atoms with Crippen LogP contribution in [-0.4, -0.2) is 46.9 Å². The molecule has 0 aromatic heterocycles. The molecule has 0 aromatic rings. The highest BCUT2D eigenvalue weighted by molar-refractivity contribution is 7.98. The second-order valence-corrected chi connectivity index (χ2v) is 6.05. The van der Waals surface area contributed by atoms with E-state index in [9.17, 15) is 9.90 Å². The molecular formula is C15H21NO3S. The van der Waals surface area contributed by atoms with Crippen molar-refractivity contribution in [2.24, 2.45) is 10.9 Å². The molecule has 0 aromatic carbocycles. The van der Waals surface area contributed by atoms with Gasteiger partial charge < -0.3 is 10.2 Å². The normalized spacial score (nSPS) is 22.1. The molecule has 0 saturated carbocycles. The molecule has 1 aliphatic heterocycles. The number of aliphatic hydroxyl groups excluding tert-OH is 2. The maximum absolute atomic E-state index is 11.9. The molecule has 0 fully saturated rings. The SMILES string of the molecule is [2H]C1=NC2=C(CC=C2CCC(CSC)C(O)CO)C(=O)C1. The third kappa shape index (κ3) is 3.40. The van der Waals surface area contributed by atoms with Gasteiger partial charge in [-0.15, -0.1) is 0 Å². The van der Waals surface area contributed by atoms with Crippen LogP contribution in [0.2, 0.25) is 0 Å².